The van der Waals surface area contributed by atoms with Crippen molar-refractivity contribution in [3.63, 3.8) is 0 Å². The number of fused-ring (bicyclic) bond motifs is 1. The molecule has 6 nitrogen and oxygen atoms in total. The molecule has 32 heavy (non-hydrogen) atoms. The van der Waals surface area contributed by atoms with E-state index in [2.05, 4.69) is 10.6 Å². The van der Waals surface area contributed by atoms with E-state index in [9.17, 15) is 14.4 Å². The van der Waals surface area contributed by atoms with Crippen LogP contribution < -0.4 is 10.6 Å². The van der Waals surface area contributed by atoms with E-state index in [0.29, 0.717) is 26.7 Å². The third-order valence-corrected chi connectivity index (χ3v) is 5.97. The quantitative estimate of drug-likeness (QED) is 0.510. The van der Waals surface area contributed by atoms with Crippen molar-refractivity contribution in [1.29, 1.82) is 0 Å². The van der Waals surface area contributed by atoms with Crippen LogP contribution in [0, 0.1) is 0 Å². The Morgan fingerprint density at radius 1 is 0.969 bits per heavy atom. The van der Waals surface area contributed by atoms with Crippen LogP contribution in [0.15, 0.2) is 66.7 Å². The number of carboxylic acid groups (broad SMARTS) is 1. The Balaban J connectivity index is 1.65. The second-order valence-electron chi connectivity index (χ2n) is 7.40. The summed E-state index contributed by atoms with van der Waals surface area (Å²) in [5.74, 6) is -2.32. The summed E-state index contributed by atoms with van der Waals surface area (Å²) in [6.45, 7) is 0.201. The van der Waals surface area contributed by atoms with E-state index in [4.69, 9.17) is 28.3 Å². The number of rotatable bonds is 5. The summed E-state index contributed by atoms with van der Waals surface area (Å²) < 4.78 is 0. The average Bonchev–Trinajstić information content (AvgIpc) is 2.78. The molecule has 3 aromatic carbocycles. The zero-order valence-electron chi connectivity index (χ0n) is 16.6. The Labute approximate surface area is 194 Å². The van der Waals surface area contributed by atoms with Crippen molar-refractivity contribution in [1.82, 2.24) is 10.6 Å². The van der Waals surface area contributed by atoms with Gasteiger partial charge in [0.25, 0.3) is 5.91 Å². The normalized spacial score (nSPS) is 17.2. The van der Waals surface area contributed by atoms with Crippen LogP contribution in [0.5, 0.6) is 0 Å². The lowest BCUT2D eigenvalue weighted by Gasteiger charge is -2.34. The SMILES string of the molecule is O=C(O)c1ccc(CNC(=O)[C@@H]2c3ccccc3C(=O)N[C@H]2c2ccc(Cl)cc2Cl)cc1. The molecule has 8 heteroatoms. The molecule has 0 spiro atoms. The van der Waals surface area contributed by atoms with Crippen molar-refractivity contribution < 1.29 is 19.5 Å². The molecule has 0 fully saturated rings. The highest BCUT2D eigenvalue weighted by Gasteiger charge is 2.39. The molecule has 0 unspecified atom stereocenters. The number of amides is 2. The van der Waals surface area contributed by atoms with Gasteiger partial charge in [0.1, 0.15) is 0 Å². The van der Waals surface area contributed by atoms with Gasteiger partial charge in [-0.05, 0) is 47.0 Å². The molecule has 1 aliphatic heterocycles. The van der Waals surface area contributed by atoms with Gasteiger partial charge in [0.2, 0.25) is 5.91 Å². The van der Waals surface area contributed by atoms with Gasteiger partial charge < -0.3 is 15.7 Å². The first-order valence-electron chi connectivity index (χ1n) is 9.80. The number of carbonyl (C=O) groups excluding carboxylic acids is 2. The van der Waals surface area contributed by atoms with Crippen molar-refractivity contribution >= 4 is 41.0 Å². The number of aromatic carboxylic acids is 1. The highest BCUT2D eigenvalue weighted by molar-refractivity contribution is 6.35. The zero-order valence-corrected chi connectivity index (χ0v) is 18.2. The van der Waals surface area contributed by atoms with Crippen LogP contribution in [0.2, 0.25) is 10.0 Å². The Morgan fingerprint density at radius 3 is 2.38 bits per heavy atom. The predicted octanol–water partition coefficient (Wildman–Crippen LogP) is 4.58. The fraction of sp³-hybridized carbons (Fsp3) is 0.125. The Bertz CT molecular complexity index is 1210. The third kappa shape index (κ3) is 4.33. The molecule has 162 valence electrons. The summed E-state index contributed by atoms with van der Waals surface area (Å²) in [5.41, 5.74) is 2.54. The minimum atomic E-state index is -1.02. The summed E-state index contributed by atoms with van der Waals surface area (Å²) in [7, 11) is 0. The van der Waals surface area contributed by atoms with Crippen molar-refractivity contribution in [3.05, 3.63) is 105 Å². The highest BCUT2D eigenvalue weighted by Crippen LogP contribution is 2.40. The number of halogens is 2. The fourth-order valence-corrected chi connectivity index (χ4v) is 4.35. The standard InChI is InChI=1S/C24H18Cl2N2O4/c25-15-9-10-18(19(26)11-15)21-20(16-3-1-2-4-17(16)22(29)28-21)23(30)27-12-13-5-7-14(8-6-13)24(31)32/h1-11,20-21H,12H2,(H,27,30)(H,28,29)(H,31,32)/t20-,21+/m1/s1. The summed E-state index contributed by atoms with van der Waals surface area (Å²) >= 11 is 12.4. The lowest BCUT2D eigenvalue weighted by Crippen LogP contribution is -2.44. The number of nitrogens with one attached hydrogen (secondary N) is 2. The molecule has 3 aromatic rings. The summed E-state index contributed by atoms with van der Waals surface area (Å²) in [5, 5.41) is 15.6. The molecule has 0 bridgehead atoms. The Hall–Kier alpha value is -3.35. The Kier molecular flexibility index (Phi) is 6.17. The topological polar surface area (TPSA) is 95.5 Å². The lowest BCUT2D eigenvalue weighted by atomic mass is 9.80. The van der Waals surface area contributed by atoms with Crippen molar-refractivity contribution in [2.45, 2.75) is 18.5 Å². The predicted molar refractivity (Wildman–Crippen MR) is 121 cm³/mol. The van der Waals surface area contributed by atoms with Crippen LogP contribution in [-0.2, 0) is 11.3 Å². The molecule has 1 heterocycles. The molecule has 2 atom stereocenters. The van der Waals surface area contributed by atoms with Gasteiger partial charge in [-0.15, -0.1) is 0 Å². The second kappa shape index (κ2) is 9.02. The number of hydrogen-bond donors (Lipinski definition) is 3. The summed E-state index contributed by atoms with van der Waals surface area (Å²) in [6.07, 6.45) is 0. The van der Waals surface area contributed by atoms with Crippen LogP contribution in [0.3, 0.4) is 0 Å². The van der Waals surface area contributed by atoms with Crippen molar-refractivity contribution in [3.8, 4) is 0 Å². The first-order valence-corrected chi connectivity index (χ1v) is 10.6. The average molecular weight is 469 g/mol. The van der Waals surface area contributed by atoms with Gasteiger partial charge in [-0.2, -0.15) is 0 Å². The molecule has 2 amide bonds. The van der Waals surface area contributed by atoms with E-state index in [0.717, 1.165) is 5.56 Å². The number of carbonyl (C=O) groups is 3. The number of hydrogen-bond acceptors (Lipinski definition) is 3. The largest absolute Gasteiger partial charge is 0.478 e. The second-order valence-corrected chi connectivity index (χ2v) is 8.25. The van der Waals surface area contributed by atoms with Gasteiger partial charge in [0.05, 0.1) is 17.5 Å². The summed E-state index contributed by atoms with van der Waals surface area (Å²) in [4.78, 5) is 37.1. The van der Waals surface area contributed by atoms with E-state index in [1.54, 1.807) is 54.6 Å². The Morgan fingerprint density at radius 2 is 1.69 bits per heavy atom. The molecule has 0 aliphatic carbocycles. The van der Waals surface area contributed by atoms with Gasteiger partial charge in [0, 0.05) is 22.2 Å². The van der Waals surface area contributed by atoms with E-state index >= 15 is 0 Å². The number of benzene rings is 3. The van der Waals surface area contributed by atoms with E-state index in [1.165, 1.54) is 12.1 Å². The minimum absolute atomic E-state index is 0.168. The molecule has 0 radical (unpaired) electrons. The van der Waals surface area contributed by atoms with Gasteiger partial charge in [0.15, 0.2) is 0 Å². The third-order valence-electron chi connectivity index (χ3n) is 5.41. The maximum atomic E-state index is 13.4. The van der Waals surface area contributed by atoms with Crippen LogP contribution in [0.4, 0.5) is 0 Å². The van der Waals surface area contributed by atoms with Crippen molar-refractivity contribution in [2.75, 3.05) is 0 Å². The van der Waals surface area contributed by atoms with Gasteiger partial charge in [-0.3, -0.25) is 9.59 Å². The smallest absolute Gasteiger partial charge is 0.335 e. The van der Waals surface area contributed by atoms with E-state index in [-0.39, 0.29) is 23.9 Å². The molecule has 1 aliphatic rings. The monoisotopic (exact) mass is 468 g/mol. The molecule has 0 saturated heterocycles. The van der Waals surface area contributed by atoms with Crippen molar-refractivity contribution in [2.24, 2.45) is 0 Å². The van der Waals surface area contributed by atoms with Crippen LogP contribution in [0.25, 0.3) is 0 Å². The van der Waals surface area contributed by atoms with Crippen LogP contribution >= 0.6 is 23.2 Å². The van der Waals surface area contributed by atoms with E-state index in [1.807, 2.05) is 0 Å². The highest BCUT2D eigenvalue weighted by atomic mass is 35.5. The van der Waals surface area contributed by atoms with E-state index < -0.39 is 17.9 Å². The van der Waals surface area contributed by atoms with Crippen LogP contribution in [0.1, 0.15) is 49.4 Å². The first-order chi connectivity index (χ1) is 15.3. The van der Waals surface area contributed by atoms with Crippen LogP contribution in [-0.4, -0.2) is 22.9 Å². The summed E-state index contributed by atoms with van der Waals surface area (Å²) in [6, 6.07) is 17.5. The maximum absolute atomic E-state index is 13.4. The fourth-order valence-electron chi connectivity index (χ4n) is 3.82. The van der Waals surface area contributed by atoms with Gasteiger partial charge >= 0.3 is 5.97 Å². The minimum Gasteiger partial charge on any atom is -0.478 e. The molecular formula is C24H18Cl2N2O4. The first kappa shape index (κ1) is 21.9. The molecule has 4 rings (SSSR count). The molecule has 3 N–H and O–H groups in total. The van der Waals surface area contributed by atoms with Gasteiger partial charge in [-0.25, -0.2) is 4.79 Å². The molecule has 0 aromatic heterocycles. The molecular weight excluding hydrogens is 451 g/mol. The van der Waals surface area contributed by atoms with Gasteiger partial charge in [-0.1, -0.05) is 59.6 Å². The zero-order chi connectivity index (χ0) is 22.8. The maximum Gasteiger partial charge on any atom is 0.335 e. The number of carboxylic acids is 1. The molecule has 0 saturated carbocycles. The lowest BCUT2D eigenvalue weighted by molar-refractivity contribution is -0.123.